The fourth-order valence-corrected chi connectivity index (χ4v) is 3.85. The summed E-state index contributed by atoms with van der Waals surface area (Å²) >= 11 is 0. The molecule has 2 aliphatic rings. The van der Waals surface area contributed by atoms with Crippen LogP contribution in [0.15, 0.2) is 42.6 Å². The summed E-state index contributed by atoms with van der Waals surface area (Å²) < 4.78 is 6.27. The van der Waals surface area contributed by atoms with E-state index in [-0.39, 0.29) is 6.10 Å². The summed E-state index contributed by atoms with van der Waals surface area (Å²) in [4.78, 5) is 4.39. The van der Waals surface area contributed by atoms with E-state index in [1.165, 1.54) is 43.2 Å². The van der Waals surface area contributed by atoms with E-state index in [1.54, 1.807) is 6.20 Å². The first-order valence-electron chi connectivity index (χ1n) is 8.96. The molecule has 0 amide bonds. The number of nitrogens with two attached hydrogens (primary N) is 1. The second kappa shape index (κ2) is 6.68. The van der Waals surface area contributed by atoms with Gasteiger partial charge in [0.1, 0.15) is 11.9 Å². The minimum absolute atomic E-state index is 0.249. The van der Waals surface area contributed by atoms with E-state index in [9.17, 15) is 0 Å². The van der Waals surface area contributed by atoms with Gasteiger partial charge in [-0.3, -0.25) is 4.98 Å². The third-order valence-electron chi connectivity index (χ3n) is 5.14. The molecular weight excluding hydrogens is 296 g/mol. The highest BCUT2D eigenvalue weighted by Gasteiger charge is 2.25. The molecule has 3 heteroatoms. The Hall–Kier alpha value is -2.29. The average Bonchev–Trinajstić information content (AvgIpc) is 2.62. The molecule has 4 rings (SSSR count). The van der Waals surface area contributed by atoms with Gasteiger partial charge in [-0.25, -0.2) is 0 Å². The van der Waals surface area contributed by atoms with E-state index < -0.39 is 0 Å². The zero-order chi connectivity index (χ0) is 16.4. The van der Waals surface area contributed by atoms with Gasteiger partial charge in [0.2, 0.25) is 0 Å². The Morgan fingerprint density at radius 2 is 1.96 bits per heavy atom. The molecule has 1 aromatic carbocycles. The van der Waals surface area contributed by atoms with E-state index in [1.807, 2.05) is 12.1 Å². The molecule has 1 aliphatic heterocycles. The van der Waals surface area contributed by atoms with E-state index in [0.717, 1.165) is 23.6 Å². The summed E-state index contributed by atoms with van der Waals surface area (Å²) in [6.07, 6.45) is 13.9. The van der Waals surface area contributed by atoms with Crippen LogP contribution in [0.5, 0.6) is 5.75 Å². The molecule has 1 aliphatic carbocycles. The summed E-state index contributed by atoms with van der Waals surface area (Å²) in [5.74, 6) is 1.69. The van der Waals surface area contributed by atoms with Gasteiger partial charge in [0.15, 0.2) is 0 Å². The van der Waals surface area contributed by atoms with Crippen molar-refractivity contribution >= 4 is 11.8 Å². The molecule has 2 aromatic rings. The van der Waals surface area contributed by atoms with Crippen LogP contribution in [0.4, 0.5) is 5.69 Å². The Morgan fingerprint density at radius 3 is 2.79 bits per heavy atom. The van der Waals surface area contributed by atoms with Gasteiger partial charge in [-0.05, 0) is 54.7 Å². The second-order valence-electron chi connectivity index (χ2n) is 6.97. The van der Waals surface area contributed by atoms with Gasteiger partial charge in [0, 0.05) is 29.6 Å². The van der Waals surface area contributed by atoms with Crippen LogP contribution in [0, 0.1) is 5.92 Å². The van der Waals surface area contributed by atoms with Crippen molar-refractivity contribution in [3.05, 3.63) is 59.4 Å². The first-order chi connectivity index (χ1) is 11.8. The van der Waals surface area contributed by atoms with Crippen LogP contribution in [0.1, 0.15) is 48.9 Å². The largest absolute Gasteiger partial charge is 0.485 e. The lowest BCUT2D eigenvalue weighted by Gasteiger charge is -2.31. The molecule has 1 unspecified atom stereocenters. The highest BCUT2D eigenvalue weighted by atomic mass is 16.5. The third kappa shape index (κ3) is 3.30. The Labute approximate surface area is 143 Å². The van der Waals surface area contributed by atoms with Crippen LogP contribution in [0.25, 0.3) is 6.08 Å². The number of fused-ring (bicyclic) bond motifs is 1. The molecule has 124 valence electrons. The normalized spacial score (nSPS) is 20.4. The number of pyridine rings is 1. The smallest absolute Gasteiger partial charge is 0.127 e. The highest BCUT2D eigenvalue weighted by Crippen LogP contribution is 2.34. The van der Waals surface area contributed by atoms with Gasteiger partial charge in [0.25, 0.3) is 0 Å². The summed E-state index contributed by atoms with van der Waals surface area (Å²) in [5, 5.41) is 0. The van der Waals surface area contributed by atoms with Gasteiger partial charge in [-0.1, -0.05) is 31.4 Å². The maximum atomic E-state index is 6.27. The number of nitrogen functional groups attached to an aromatic ring is 1. The van der Waals surface area contributed by atoms with Gasteiger partial charge >= 0.3 is 0 Å². The monoisotopic (exact) mass is 320 g/mol. The van der Waals surface area contributed by atoms with Gasteiger partial charge in [-0.15, -0.1) is 0 Å². The number of nitrogens with zero attached hydrogens (tertiary/aromatic N) is 1. The standard InChI is InChI=1S/C21H24N2O/c22-18-10-11-23-19(14-18)13-15-6-8-21-17(12-15)7-9-20(24-21)16-4-2-1-3-5-16/h6-12,14,16,20H,1-5,13H2,(H2,22,23). The summed E-state index contributed by atoms with van der Waals surface area (Å²) in [5.41, 5.74) is 10.00. The average molecular weight is 320 g/mol. The lowest BCUT2D eigenvalue weighted by Crippen LogP contribution is -2.28. The second-order valence-corrected chi connectivity index (χ2v) is 6.97. The van der Waals surface area contributed by atoms with Crippen LogP contribution in [0.3, 0.4) is 0 Å². The molecule has 0 saturated heterocycles. The molecule has 3 nitrogen and oxygen atoms in total. The van der Waals surface area contributed by atoms with E-state index in [4.69, 9.17) is 10.5 Å². The molecular formula is C21H24N2O. The number of hydrogen-bond acceptors (Lipinski definition) is 3. The summed E-state index contributed by atoms with van der Waals surface area (Å²) in [6.45, 7) is 0. The van der Waals surface area contributed by atoms with Gasteiger partial charge in [0.05, 0.1) is 0 Å². The molecule has 0 radical (unpaired) electrons. The quantitative estimate of drug-likeness (QED) is 0.898. The Kier molecular flexibility index (Phi) is 4.24. The maximum Gasteiger partial charge on any atom is 0.127 e. The number of anilines is 1. The first kappa shape index (κ1) is 15.3. The molecule has 0 bridgehead atoms. The molecule has 1 atom stereocenters. The topological polar surface area (TPSA) is 48.1 Å². The van der Waals surface area contributed by atoms with Crippen molar-refractivity contribution in [2.45, 2.75) is 44.6 Å². The van der Waals surface area contributed by atoms with Crippen LogP contribution in [-0.4, -0.2) is 11.1 Å². The highest BCUT2D eigenvalue weighted by molar-refractivity contribution is 5.61. The Morgan fingerprint density at radius 1 is 1.08 bits per heavy atom. The molecule has 2 heterocycles. The predicted molar refractivity (Wildman–Crippen MR) is 97.9 cm³/mol. The van der Waals surface area contributed by atoms with Crippen LogP contribution < -0.4 is 10.5 Å². The van der Waals surface area contributed by atoms with E-state index >= 15 is 0 Å². The number of aromatic nitrogens is 1. The molecule has 1 fully saturated rings. The van der Waals surface area contributed by atoms with Crippen LogP contribution >= 0.6 is 0 Å². The van der Waals surface area contributed by atoms with Crippen molar-refractivity contribution in [2.24, 2.45) is 5.92 Å². The van der Waals surface area contributed by atoms with Crippen molar-refractivity contribution < 1.29 is 4.74 Å². The van der Waals surface area contributed by atoms with Crippen molar-refractivity contribution in [3.63, 3.8) is 0 Å². The van der Waals surface area contributed by atoms with Crippen molar-refractivity contribution in [1.29, 1.82) is 0 Å². The van der Waals surface area contributed by atoms with E-state index in [0.29, 0.717) is 5.92 Å². The minimum atomic E-state index is 0.249. The maximum absolute atomic E-state index is 6.27. The summed E-state index contributed by atoms with van der Waals surface area (Å²) in [7, 11) is 0. The molecule has 24 heavy (non-hydrogen) atoms. The molecule has 1 saturated carbocycles. The summed E-state index contributed by atoms with van der Waals surface area (Å²) in [6, 6.07) is 10.2. The fraction of sp³-hybridized carbons (Fsp3) is 0.381. The SMILES string of the molecule is Nc1ccnc(Cc2ccc3c(c2)C=CC(C2CCCCC2)O3)c1. The fourth-order valence-electron chi connectivity index (χ4n) is 3.85. The van der Waals surface area contributed by atoms with Crippen LogP contribution in [0.2, 0.25) is 0 Å². The number of rotatable bonds is 3. The lowest BCUT2D eigenvalue weighted by atomic mass is 9.84. The predicted octanol–water partition coefficient (Wildman–Crippen LogP) is 4.61. The van der Waals surface area contributed by atoms with Crippen LogP contribution in [-0.2, 0) is 6.42 Å². The number of ether oxygens (including phenoxy) is 1. The molecule has 2 N–H and O–H groups in total. The Bertz CT molecular complexity index is 747. The van der Waals surface area contributed by atoms with Gasteiger partial charge in [-0.2, -0.15) is 0 Å². The van der Waals surface area contributed by atoms with Gasteiger partial charge < -0.3 is 10.5 Å². The minimum Gasteiger partial charge on any atom is -0.485 e. The molecule has 0 spiro atoms. The Balaban J connectivity index is 1.49. The van der Waals surface area contributed by atoms with Crippen molar-refractivity contribution in [2.75, 3.05) is 5.73 Å². The van der Waals surface area contributed by atoms with Crippen molar-refractivity contribution in [3.8, 4) is 5.75 Å². The number of benzene rings is 1. The number of hydrogen-bond donors (Lipinski definition) is 1. The zero-order valence-electron chi connectivity index (χ0n) is 13.9. The van der Waals surface area contributed by atoms with E-state index in [2.05, 4.69) is 35.3 Å². The first-order valence-corrected chi connectivity index (χ1v) is 8.96. The third-order valence-corrected chi connectivity index (χ3v) is 5.14. The van der Waals surface area contributed by atoms with Crippen molar-refractivity contribution in [1.82, 2.24) is 4.98 Å². The zero-order valence-corrected chi connectivity index (χ0v) is 13.9. The molecule has 1 aromatic heterocycles. The lowest BCUT2D eigenvalue weighted by molar-refractivity contribution is 0.144.